The second-order valence-corrected chi connectivity index (χ2v) is 5.10. The van der Waals surface area contributed by atoms with E-state index in [0.717, 1.165) is 19.3 Å². The molecule has 0 amide bonds. The molecule has 0 aliphatic heterocycles. The van der Waals surface area contributed by atoms with E-state index in [-0.39, 0.29) is 17.5 Å². The van der Waals surface area contributed by atoms with Crippen molar-refractivity contribution in [1.29, 1.82) is 0 Å². The molecule has 0 rings (SSSR count). The Labute approximate surface area is 106 Å². The van der Waals surface area contributed by atoms with Gasteiger partial charge in [0.2, 0.25) is 0 Å². The largest absolute Gasteiger partial charge is 0.300 e. The molecule has 0 fully saturated rings. The van der Waals surface area contributed by atoms with Crippen LogP contribution in [0.15, 0.2) is 0 Å². The van der Waals surface area contributed by atoms with Crippen molar-refractivity contribution in [3.8, 4) is 0 Å². The SMILES string of the molecule is CCCCCCCCC(CCC(C)=O)C(C)=O. The van der Waals surface area contributed by atoms with Crippen molar-refractivity contribution in [2.45, 2.75) is 78.6 Å². The number of unbranched alkanes of at least 4 members (excludes halogenated alkanes) is 5. The van der Waals surface area contributed by atoms with E-state index in [1.807, 2.05) is 0 Å². The van der Waals surface area contributed by atoms with Crippen LogP contribution < -0.4 is 0 Å². The van der Waals surface area contributed by atoms with Gasteiger partial charge in [-0.25, -0.2) is 0 Å². The molecule has 0 heterocycles. The molecule has 0 N–H and O–H groups in total. The predicted molar refractivity (Wildman–Crippen MR) is 72.1 cm³/mol. The van der Waals surface area contributed by atoms with Crippen LogP contribution in [0.2, 0.25) is 0 Å². The van der Waals surface area contributed by atoms with Gasteiger partial charge in [-0.1, -0.05) is 45.4 Å². The van der Waals surface area contributed by atoms with Gasteiger partial charge in [0, 0.05) is 12.3 Å². The lowest BCUT2D eigenvalue weighted by Gasteiger charge is -2.12. The van der Waals surface area contributed by atoms with Crippen LogP contribution >= 0.6 is 0 Å². The van der Waals surface area contributed by atoms with Gasteiger partial charge in [-0.2, -0.15) is 0 Å². The molecule has 0 saturated carbocycles. The standard InChI is InChI=1S/C15H28O2/c1-4-5-6-7-8-9-10-15(14(3)17)12-11-13(2)16/h15H,4-12H2,1-3H3. The summed E-state index contributed by atoms with van der Waals surface area (Å²) in [5.41, 5.74) is 0. The fourth-order valence-corrected chi connectivity index (χ4v) is 2.10. The lowest BCUT2D eigenvalue weighted by atomic mass is 9.92. The van der Waals surface area contributed by atoms with Crippen LogP contribution in [0.1, 0.15) is 78.6 Å². The normalized spacial score (nSPS) is 12.4. The van der Waals surface area contributed by atoms with Crippen molar-refractivity contribution in [2.24, 2.45) is 5.92 Å². The highest BCUT2D eigenvalue weighted by Gasteiger charge is 2.14. The van der Waals surface area contributed by atoms with Crippen LogP contribution in [0.3, 0.4) is 0 Å². The first-order chi connectivity index (χ1) is 8.07. The summed E-state index contributed by atoms with van der Waals surface area (Å²) in [5, 5.41) is 0. The van der Waals surface area contributed by atoms with Crippen LogP contribution in [-0.2, 0) is 9.59 Å². The van der Waals surface area contributed by atoms with E-state index in [1.54, 1.807) is 13.8 Å². The zero-order chi connectivity index (χ0) is 13.1. The number of ketones is 2. The van der Waals surface area contributed by atoms with Gasteiger partial charge < -0.3 is 4.79 Å². The maximum atomic E-state index is 11.4. The topological polar surface area (TPSA) is 34.1 Å². The minimum Gasteiger partial charge on any atom is -0.300 e. The molecule has 0 aromatic rings. The molecule has 100 valence electrons. The molecule has 0 spiro atoms. The molecule has 0 aliphatic rings. The van der Waals surface area contributed by atoms with E-state index < -0.39 is 0 Å². The maximum absolute atomic E-state index is 11.4. The summed E-state index contributed by atoms with van der Waals surface area (Å²) in [6.07, 6.45) is 9.82. The van der Waals surface area contributed by atoms with Gasteiger partial charge in [0.15, 0.2) is 0 Å². The van der Waals surface area contributed by atoms with Crippen LogP contribution in [0.25, 0.3) is 0 Å². The van der Waals surface area contributed by atoms with Crippen molar-refractivity contribution in [3.05, 3.63) is 0 Å². The van der Waals surface area contributed by atoms with Crippen LogP contribution in [-0.4, -0.2) is 11.6 Å². The Morgan fingerprint density at radius 1 is 0.882 bits per heavy atom. The zero-order valence-corrected chi connectivity index (χ0v) is 11.8. The first-order valence-corrected chi connectivity index (χ1v) is 7.07. The molecule has 0 bridgehead atoms. The van der Waals surface area contributed by atoms with Gasteiger partial charge in [-0.15, -0.1) is 0 Å². The summed E-state index contributed by atoms with van der Waals surface area (Å²) in [6, 6.07) is 0. The van der Waals surface area contributed by atoms with Crippen molar-refractivity contribution in [1.82, 2.24) is 0 Å². The lowest BCUT2D eigenvalue weighted by Crippen LogP contribution is -2.12. The van der Waals surface area contributed by atoms with Gasteiger partial charge in [0.05, 0.1) is 0 Å². The summed E-state index contributed by atoms with van der Waals surface area (Å²) in [6.45, 7) is 5.47. The van der Waals surface area contributed by atoms with Crippen molar-refractivity contribution in [2.75, 3.05) is 0 Å². The molecule has 2 nitrogen and oxygen atoms in total. The van der Waals surface area contributed by atoms with Crippen LogP contribution in [0.5, 0.6) is 0 Å². The highest BCUT2D eigenvalue weighted by molar-refractivity contribution is 5.80. The monoisotopic (exact) mass is 240 g/mol. The number of Topliss-reactive ketones (excluding diaryl/α,β-unsaturated/α-hetero) is 2. The third-order valence-electron chi connectivity index (χ3n) is 3.33. The Hall–Kier alpha value is -0.660. The van der Waals surface area contributed by atoms with Gasteiger partial charge in [-0.05, 0) is 26.7 Å². The Balaban J connectivity index is 3.63. The molecule has 17 heavy (non-hydrogen) atoms. The van der Waals surface area contributed by atoms with E-state index in [9.17, 15) is 9.59 Å². The van der Waals surface area contributed by atoms with E-state index in [1.165, 1.54) is 32.1 Å². The molecular weight excluding hydrogens is 212 g/mol. The second kappa shape index (κ2) is 10.5. The van der Waals surface area contributed by atoms with Gasteiger partial charge in [0.25, 0.3) is 0 Å². The fraction of sp³-hybridized carbons (Fsp3) is 0.867. The number of rotatable bonds is 11. The van der Waals surface area contributed by atoms with Crippen molar-refractivity contribution < 1.29 is 9.59 Å². The second-order valence-electron chi connectivity index (χ2n) is 5.10. The predicted octanol–water partition coefficient (Wildman–Crippen LogP) is 4.31. The third-order valence-corrected chi connectivity index (χ3v) is 3.33. The molecule has 0 aliphatic carbocycles. The van der Waals surface area contributed by atoms with Crippen LogP contribution in [0, 0.1) is 5.92 Å². The molecule has 0 radical (unpaired) electrons. The smallest absolute Gasteiger partial charge is 0.132 e. The molecule has 1 atom stereocenters. The van der Waals surface area contributed by atoms with Gasteiger partial charge in [0.1, 0.15) is 11.6 Å². The molecule has 1 unspecified atom stereocenters. The zero-order valence-electron chi connectivity index (χ0n) is 11.8. The van der Waals surface area contributed by atoms with Crippen molar-refractivity contribution in [3.63, 3.8) is 0 Å². The van der Waals surface area contributed by atoms with Crippen LogP contribution in [0.4, 0.5) is 0 Å². The minimum atomic E-state index is 0.116. The first kappa shape index (κ1) is 16.3. The number of carbonyl (C=O) groups excluding carboxylic acids is 2. The Morgan fingerprint density at radius 2 is 1.47 bits per heavy atom. The maximum Gasteiger partial charge on any atom is 0.132 e. The third kappa shape index (κ3) is 10.2. The van der Waals surface area contributed by atoms with E-state index in [4.69, 9.17) is 0 Å². The number of carbonyl (C=O) groups is 2. The van der Waals surface area contributed by atoms with Gasteiger partial charge >= 0.3 is 0 Å². The summed E-state index contributed by atoms with van der Waals surface area (Å²) in [5.74, 6) is 0.559. The molecule has 0 aromatic carbocycles. The average molecular weight is 240 g/mol. The quantitative estimate of drug-likeness (QED) is 0.504. The number of hydrogen-bond acceptors (Lipinski definition) is 2. The van der Waals surface area contributed by atoms with Gasteiger partial charge in [-0.3, -0.25) is 4.79 Å². The van der Waals surface area contributed by atoms with E-state index in [0.29, 0.717) is 6.42 Å². The summed E-state index contributed by atoms with van der Waals surface area (Å²) in [4.78, 5) is 22.3. The average Bonchev–Trinajstić information content (AvgIpc) is 2.26. The minimum absolute atomic E-state index is 0.116. The number of hydrogen-bond donors (Lipinski definition) is 0. The summed E-state index contributed by atoms with van der Waals surface area (Å²) >= 11 is 0. The summed E-state index contributed by atoms with van der Waals surface area (Å²) in [7, 11) is 0. The lowest BCUT2D eigenvalue weighted by molar-refractivity contribution is -0.121. The summed E-state index contributed by atoms with van der Waals surface area (Å²) < 4.78 is 0. The Bertz CT molecular complexity index is 221. The Kier molecular flexibility index (Phi) is 10.1. The Morgan fingerprint density at radius 3 is 2.00 bits per heavy atom. The molecular formula is C15H28O2. The fourth-order valence-electron chi connectivity index (χ4n) is 2.10. The first-order valence-electron chi connectivity index (χ1n) is 7.07. The highest BCUT2D eigenvalue weighted by atomic mass is 16.1. The molecule has 2 heteroatoms. The highest BCUT2D eigenvalue weighted by Crippen LogP contribution is 2.18. The van der Waals surface area contributed by atoms with E-state index in [2.05, 4.69) is 6.92 Å². The molecule has 0 aromatic heterocycles. The van der Waals surface area contributed by atoms with E-state index >= 15 is 0 Å². The molecule has 0 saturated heterocycles. The van der Waals surface area contributed by atoms with Crippen molar-refractivity contribution >= 4 is 11.6 Å².